The first-order chi connectivity index (χ1) is 15.3. The molecule has 0 bridgehead atoms. The zero-order valence-corrected chi connectivity index (χ0v) is 17.3. The summed E-state index contributed by atoms with van der Waals surface area (Å²) in [5.74, 6) is -0.218. The molecule has 2 N–H and O–H groups in total. The fourth-order valence-electron chi connectivity index (χ4n) is 2.67. The smallest absolute Gasteiger partial charge is 0.348 e. The van der Waals surface area contributed by atoms with Gasteiger partial charge in [0.2, 0.25) is 5.91 Å². The number of alkyl halides is 3. The molecule has 0 radical (unpaired) electrons. The molecular weight excluding hydrogens is 445 g/mol. The molecule has 2 heterocycles. The number of nitrogens with one attached hydrogen (secondary N) is 2. The van der Waals surface area contributed by atoms with Gasteiger partial charge in [0.15, 0.2) is 11.5 Å². The van der Waals surface area contributed by atoms with E-state index in [1.54, 1.807) is 18.3 Å². The summed E-state index contributed by atoms with van der Waals surface area (Å²) in [5, 5.41) is 10.1. The number of anilines is 1. The molecular formula is C20H17F3N6O2S. The number of amides is 2. The third kappa shape index (κ3) is 5.63. The van der Waals surface area contributed by atoms with Crippen LogP contribution in [-0.2, 0) is 11.0 Å². The van der Waals surface area contributed by atoms with Gasteiger partial charge >= 0.3 is 6.18 Å². The van der Waals surface area contributed by atoms with Gasteiger partial charge in [0.25, 0.3) is 5.91 Å². The molecule has 1 aliphatic carbocycles. The molecule has 3 aromatic rings. The second kappa shape index (κ2) is 8.99. The monoisotopic (exact) mass is 462 g/mol. The average molecular weight is 462 g/mol. The van der Waals surface area contributed by atoms with E-state index in [2.05, 4.69) is 25.7 Å². The topological polar surface area (TPSA) is 102 Å². The Morgan fingerprint density at radius 1 is 1.12 bits per heavy atom. The third-order valence-corrected chi connectivity index (χ3v) is 5.37. The van der Waals surface area contributed by atoms with Gasteiger partial charge in [-0.25, -0.2) is 14.6 Å². The molecule has 0 atom stereocenters. The Morgan fingerprint density at radius 3 is 2.56 bits per heavy atom. The number of hydrogen-bond acceptors (Lipinski definition) is 6. The van der Waals surface area contributed by atoms with Crippen molar-refractivity contribution in [3.8, 4) is 5.82 Å². The van der Waals surface area contributed by atoms with Gasteiger partial charge in [-0.2, -0.15) is 18.3 Å². The highest BCUT2D eigenvalue weighted by atomic mass is 32.2. The number of thioether (sulfide) groups is 1. The van der Waals surface area contributed by atoms with Crippen LogP contribution >= 0.6 is 11.8 Å². The first-order valence-corrected chi connectivity index (χ1v) is 10.6. The number of carbonyl (C=O) groups is 2. The van der Waals surface area contributed by atoms with Gasteiger partial charge in [-0.05, 0) is 43.2 Å². The van der Waals surface area contributed by atoms with E-state index in [-0.39, 0.29) is 29.1 Å². The molecule has 0 spiro atoms. The molecule has 32 heavy (non-hydrogen) atoms. The number of aromatic nitrogens is 4. The Labute approximate surface area is 184 Å². The summed E-state index contributed by atoms with van der Waals surface area (Å²) in [6.45, 7) is 0. The summed E-state index contributed by atoms with van der Waals surface area (Å²) in [6, 6.07) is 7.64. The van der Waals surface area contributed by atoms with Gasteiger partial charge < -0.3 is 10.6 Å². The lowest BCUT2D eigenvalue weighted by Crippen LogP contribution is -2.25. The number of nitrogens with zero attached hydrogens (tertiary/aromatic N) is 4. The predicted molar refractivity (Wildman–Crippen MR) is 110 cm³/mol. The van der Waals surface area contributed by atoms with Crippen molar-refractivity contribution in [3.63, 3.8) is 0 Å². The van der Waals surface area contributed by atoms with Crippen molar-refractivity contribution < 1.29 is 22.8 Å². The molecule has 0 saturated heterocycles. The maximum atomic E-state index is 12.6. The molecule has 166 valence electrons. The lowest BCUT2D eigenvalue weighted by molar-refractivity contribution is -0.137. The van der Waals surface area contributed by atoms with E-state index in [1.165, 1.54) is 23.1 Å². The van der Waals surface area contributed by atoms with Crippen LogP contribution in [0.2, 0.25) is 0 Å². The molecule has 1 fully saturated rings. The SMILES string of the molecule is O=C(CSc1cc(-n2ccc(C(=O)NC3CC3)n2)ncn1)Nc1ccc(C(F)(F)F)cc1. The van der Waals surface area contributed by atoms with E-state index in [1.807, 2.05) is 0 Å². The van der Waals surface area contributed by atoms with E-state index in [0.717, 1.165) is 36.7 Å². The minimum absolute atomic E-state index is 0.00831. The highest BCUT2D eigenvalue weighted by Gasteiger charge is 2.30. The number of rotatable bonds is 7. The summed E-state index contributed by atoms with van der Waals surface area (Å²) < 4.78 is 39.3. The zero-order valence-electron chi connectivity index (χ0n) is 16.5. The van der Waals surface area contributed by atoms with E-state index in [9.17, 15) is 22.8 Å². The molecule has 2 aromatic heterocycles. The van der Waals surface area contributed by atoms with Gasteiger partial charge in [-0.1, -0.05) is 11.8 Å². The minimum atomic E-state index is -4.43. The third-order valence-electron chi connectivity index (χ3n) is 4.44. The molecule has 1 aliphatic rings. The number of halogens is 3. The maximum absolute atomic E-state index is 12.6. The molecule has 0 aliphatic heterocycles. The number of carbonyl (C=O) groups excluding carboxylic acids is 2. The molecule has 4 rings (SSSR count). The van der Waals surface area contributed by atoms with E-state index in [0.29, 0.717) is 10.8 Å². The first kappa shape index (κ1) is 21.8. The largest absolute Gasteiger partial charge is 0.416 e. The summed E-state index contributed by atoms with van der Waals surface area (Å²) in [6.07, 6.45) is 0.448. The number of benzene rings is 1. The van der Waals surface area contributed by atoms with Crippen molar-refractivity contribution in [2.24, 2.45) is 0 Å². The molecule has 1 aromatic carbocycles. The van der Waals surface area contributed by atoms with E-state index >= 15 is 0 Å². The Kier molecular flexibility index (Phi) is 6.12. The second-order valence-corrected chi connectivity index (χ2v) is 8.02. The lowest BCUT2D eigenvalue weighted by atomic mass is 10.2. The van der Waals surface area contributed by atoms with Crippen LogP contribution in [0.4, 0.5) is 18.9 Å². The predicted octanol–water partition coefficient (Wildman–Crippen LogP) is 3.30. The zero-order chi connectivity index (χ0) is 22.7. The van der Waals surface area contributed by atoms with Crippen LogP contribution in [0.25, 0.3) is 5.82 Å². The first-order valence-electron chi connectivity index (χ1n) is 9.57. The molecule has 2 amide bonds. The Bertz CT molecular complexity index is 1130. The van der Waals surface area contributed by atoms with Crippen LogP contribution in [-0.4, -0.2) is 43.4 Å². The fourth-order valence-corrected chi connectivity index (χ4v) is 3.33. The number of hydrogen-bond donors (Lipinski definition) is 2. The average Bonchev–Trinajstić information content (AvgIpc) is 3.43. The van der Waals surface area contributed by atoms with Crippen molar-refractivity contribution in [1.82, 2.24) is 25.1 Å². The summed E-state index contributed by atoms with van der Waals surface area (Å²) >= 11 is 1.13. The van der Waals surface area contributed by atoms with Gasteiger partial charge in [-0.3, -0.25) is 9.59 Å². The molecule has 1 saturated carbocycles. The minimum Gasteiger partial charge on any atom is -0.348 e. The molecule has 12 heteroatoms. The maximum Gasteiger partial charge on any atom is 0.416 e. The standard InChI is InChI=1S/C20H17F3N6O2S/c21-20(22,23)12-1-3-13(4-2-12)26-17(30)10-32-18-9-16(24-11-25-18)29-8-7-15(28-29)19(31)27-14-5-6-14/h1-4,7-9,11,14H,5-6,10H2,(H,26,30)(H,27,31). The van der Waals surface area contributed by atoms with Crippen LogP contribution in [0, 0.1) is 0 Å². The Hall–Kier alpha value is -3.41. The van der Waals surface area contributed by atoms with Crippen molar-refractivity contribution in [3.05, 3.63) is 60.2 Å². The molecule has 8 nitrogen and oxygen atoms in total. The normalized spacial score (nSPS) is 13.6. The summed E-state index contributed by atoms with van der Waals surface area (Å²) in [5.41, 5.74) is -0.244. The van der Waals surface area contributed by atoms with E-state index < -0.39 is 17.6 Å². The second-order valence-electron chi connectivity index (χ2n) is 7.02. The Morgan fingerprint density at radius 2 is 1.88 bits per heavy atom. The van der Waals surface area contributed by atoms with Gasteiger partial charge in [0, 0.05) is 24.0 Å². The summed E-state index contributed by atoms with van der Waals surface area (Å²) in [4.78, 5) is 32.4. The highest BCUT2D eigenvalue weighted by molar-refractivity contribution is 7.99. The molecule has 0 unspecified atom stereocenters. The van der Waals surface area contributed by atoms with Crippen molar-refractivity contribution in [2.45, 2.75) is 30.1 Å². The summed E-state index contributed by atoms with van der Waals surface area (Å²) in [7, 11) is 0. The van der Waals surface area contributed by atoms with Crippen LogP contribution in [0.5, 0.6) is 0 Å². The van der Waals surface area contributed by atoms with Crippen LogP contribution in [0.1, 0.15) is 28.9 Å². The van der Waals surface area contributed by atoms with Crippen LogP contribution in [0.15, 0.2) is 53.9 Å². The lowest BCUT2D eigenvalue weighted by Gasteiger charge is -2.09. The highest BCUT2D eigenvalue weighted by Crippen LogP contribution is 2.30. The van der Waals surface area contributed by atoms with Crippen molar-refractivity contribution in [2.75, 3.05) is 11.1 Å². The van der Waals surface area contributed by atoms with Crippen LogP contribution in [0.3, 0.4) is 0 Å². The Balaban J connectivity index is 1.33. The van der Waals surface area contributed by atoms with Gasteiger partial charge in [-0.15, -0.1) is 0 Å². The van der Waals surface area contributed by atoms with Crippen molar-refractivity contribution >= 4 is 29.3 Å². The van der Waals surface area contributed by atoms with Crippen molar-refractivity contribution in [1.29, 1.82) is 0 Å². The van der Waals surface area contributed by atoms with Gasteiger partial charge in [0.05, 0.1) is 11.3 Å². The quantitative estimate of drug-likeness (QED) is 0.413. The van der Waals surface area contributed by atoms with E-state index in [4.69, 9.17) is 0 Å². The van der Waals surface area contributed by atoms with Crippen LogP contribution < -0.4 is 10.6 Å². The fraction of sp³-hybridized carbons (Fsp3) is 0.250. The van der Waals surface area contributed by atoms with Gasteiger partial charge in [0.1, 0.15) is 11.4 Å².